The Morgan fingerprint density at radius 2 is 1.95 bits per heavy atom. The van der Waals surface area contributed by atoms with Crippen LogP contribution in [0.1, 0.15) is 17.2 Å². The summed E-state index contributed by atoms with van der Waals surface area (Å²) in [6.07, 6.45) is -0.745. The third-order valence-corrected chi connectivity index (χ3v) is 3.53. The average Bonchev–Trinajstić information content (AvgIpc) is 2.47. The van der Waals surface area contributed by atoms with E-state index in [-0.39, 0.29) is 5.82 Å². The van der Waals surface area contributed by atoms with E-state index in [0.717, 1.165) is 5.69 Å². The molecule has 0 fully saturated rings. The Morgan fingerprint density at radius 3 is 2.52 bits per heavy atom. The predicted molar refractivity (Wildman–Crippen MR) is 80.8 cm³/mol. The molecule has 1 unspecified atom stereocenters. The second-order valence-electron chi connectivity index (χ2n) is 4.72. The average molecular weight is 305 g/mol. The van der Waals surface area contributed by atoms with E-state index >= 15 is 0 Å². The number of likely N-dealkylation sites (N-methyl/N-ethyl adjacent to an activating group) is 1. The molecule has 0 bridgehead atoms. The Hall–Kier alpha value is -2.09. The van der Waals surface area contributed by atoms with Crippen LogP contribution in [0, 0.1) is 17.1 Å². The first-order chi connectivity index (χ1) is 10.0. The van der Waals surface area contributed by atoms with Crippen molar-refractivity contribution in [2.24, 2.45) is 0 Å². The molecule has 1 N–H and O–H groups in total. The van der Waals surface area contributed by atoms with Crippen LogP contribution in [0.15, 0.2) is 42.5 Å². The van der Waals surface area contributed by atoms with Gasteiger partial charge in [0.1, 0.15) is 11.9 Å². The van der Waals surface area contributed by atoms with Gasteiger partial charge < -0.3 is 10.0 Å². The number of hydrogen-bond donors (Lipinski definition) is 1. The second kappa shape index (κ2) is 6.57. The molecule has 2 aromatic rings. The number of benzene rings is 2. The van der Waals surface area contributed by atoms with Crippen molar-refractivity contribution >= 4 is 17.3 Å². The summed E-state index contributed by atoms with van der Waals surface area (Å²) in [6, 6.07) is 12.8. The first-order valence-electron chi connectivity index (χ1n) is 6.35. The fraction of sp³-hybridized carbons (Fsp3) is 0.188. The first kappa shape index (κ1) is 15.3. The molecular weight excluding hydrogens is 291 g/mol. The van der Waals surface area contributed by atoms with Crippen LogP contribution >= 0.6 is 11.6 Å². The van der Waals surface area contributed by atoms with Crippen LogP contribution in [0.4, 0.5) is 10.1 Å². The molecular formula is C16H14ClFN2O. The fourth-order valence-electron chi connectivity index (χ4n) is 1.99. The zero-order chi connectivity index (χ0) is 15.4. The van der Waals surface area contributed by atoms with E-state index in [0.29, 0.717) is 22.7 Å². The maximum absolute atomic E-state index is 12.9. The first-order valence-corrected chi connectivity index (χ1v) is 6.73. The highest BCUT2D eigenvalue weighted by Crippen LogP contribution is 2.24. The molecule has 0 aliphatic rings. The number of nitriles is 1. The molecule has 108 valence electrons. The van der Waals surface area contributed by atoms with E-state index in [2.05, 4.69) is 0 Å². The monoisotopic (exact) mass is 304 g/mol. The van der Waals surface area contributed by atoms with Crippen LogP contribution in [-0.4, -0.2) is 18.7 Å². The van der Waals surface area contributed by atoms with Crippen molar-refractivity contribution in [3.05, 3.63) is 64.4 Å². The Balaban J connectivity index is 2.10. The summed E-state index contributed by atoms with van der Waals surface area (Å²) < 4.78 is 12.9. The molecule has 3 nitrogen and oxygen atoms in total. The van der Waals surface area contributed by atoms with E-state index < -0.39 is 6.10 Å². The summed E-state index contributed by atoms with van der Waals surface area (Å²) in [7, 11) is 1.81. The number of anilines is 1. The summed E-state index contributed by atoms with van der Waals surface area (Å²) >= 11 is 5.99. The molecule has 0 spiro atoms. The lowest BCUT2D eigenvalue weighted by Gasteiger charge is -2.23. The van der Waals surface area contributed by atoms with Gasteiger partial charge in [0, 0.05) is 19.3 Å². The summed E-state index contributed by atoms with van der Waals surface area (Å²) in [4.78, 5) is 1.82. The zero-order valence-electron chi connectivity index (χ0n) is 11.4. The Labute approximate surface area is 127 Å². The third-order valence-electron chi connectivity index (χ3n) is 3.22. The molecule has 2 aromatic carbocycles. The van der Waals surface area contributed by atoms with E-state index in [1.807, 2.05) is 18.0 Å². The molecule has 0 aliphatic heterocycles. The standard InChI is InChI=1S/C16H14ClFN2O/c1-20(14-7-4-12(9-19)15(17)8-14)10-16(21)11-2-5-13(18)6-3-11/h2-8,16,21H,10H2,1H3. The fourth-order valence-corrected chi connectivity index (χ4v) is 2.20. The van der Waals surface area contributed by atoms with Gasteiger partial charge in [-0.25, -0.2) is 4.39 Å². The minimum Gasteiger partial charge on any atom is -0.387 e. The van der Waals surface area contributed by atoms with Crippen molar-refractivity contribution in [1.29, 1.82) is 5.26 Å². The summed E-state index contributed by atoms with van der Waals surface area (Å²) in [5.74, 6) is -0.335. The zero-order valence-corrected chi connectivity index (χ0v) is 12.2. The van der Waals surface area contributed by atoms with Gasteiger partial charge in [-0.2, -0.15) is 5.26 Å². The number of aliphatic hydroxyl groups is 1. The van der Waals surface area contributed by atoms with Crippen LogP contribution in [0.25, 0.3) is 0 Å². The van der Waals surface area contributed by atoms with Crippen LogP contribution in [-0.2, 0) is 0 Å². The second-order valence-corrected chi connectivity index (χ2v) is 5.13. The number of nitrogens with zero attached hydrogens (tertiary/aromatic N) is 2. The third kappa shape index (κ3) is 3.72. The molecule has 1 atom stereocenters. The maximum Gasteiger partial charge on any atom is 0.123 e. The number of aliphatic hydroxyl groups excluding tert-OH is 1. The Kier molecular flexibility index (Phi) is 4.79. The van der Waals surface area contributed by atoms with E-state index in [4.69, 9.17) is 16.9 Å². The molecule has 0 aliphatic carbocycles. The van der Waals surface area contributed by atoms with E-state index in [1.54, 1.807) is 30.3 Å². The highest BCUT2D eigenvalue weighted by atomic mass is 35.5. The number of rotatable bonds is 4. The van der Waals surface area contributed by atoms with Crippen LogP contribution in [0.3, 0.4) is 0 Å². The lowest BCUT2D eigenvalue weighted by Crippen LogP contribution is -2.24. The number of hydrogen-bond acceptors (Lipinski definition) is 3. The van der Waals surface area contributed by atoms with E-state index in [9.17, 15) is 9.50 Å². The minimum absolute atomic E-state index is 0.327. The lowest BCUT2D eigenvalue weighted by atomic mass is 10.1. The van der Waals surface area contributed by atoms with Crippen LogP contribution in [0.5, 0.6) is 0 Å². The minimum atomic E-state index is -0.745. The van der Waals surface area contributed by atoms with Crippen molar-refractivity contribution in [3.63, 3.8) is 0 Å². The molecule has 5 heteroatoms. The van der Waals surface area contributed by atoms with Crippen molar-refractivity contribution in [2.75, 3.05) is 18.5 Å². The Bertz CT molecular complexity index is 667. The van der Waals surface area contributed by atoms with Gasteiger partial charge in [0.25, 0.3) is 0 Å². The normalized spacial score (nSPS) is 11.8. The molecule has 0 radical (unpaired) electrons. The summed E-state index contributed by atoms with van der Waals surface area (Å²) in [5.41, 5.74) is 1.84. The van der Waals surface area contributed by atoms with Gasteiger partial charge in [-0.15, -0.1) is 0 Å². The molecule has 0 heterocycles. The highest BCUT2D eigenvalue weighted by molar-refractivity contribution is 6.32. The van der Waals surface area contributed by atoms with Gasteiger partial charge in [0.05, 0.1) is 16.7 Å². The van der Waals surface area contributed by atoms with Crippen LogP contribution < -0.4 is 4.90 Å². The molecule has 21 heavy (non-hydrogen) atoms. The van der Waals surface area contributed by atoms with Gasteiger partial charge in [-0.1, -0.05) is 23.7 Å². The maximum atomic E-state index is 12.9. The molecule has 2 rings (SSSR count). The summed E-state index contributed by atoms with van der Waals surface area (Å²) in [5, 5.41) is 19.4. The lowest BCUT2D eigenvalue weighted by molar-refractivity contribution is 0.185. The molecule has 0 aromatic heterocycles. The highest BCUT2D eigenvalue weighted by Gasteiger charge is 2.12. The van der Waals surface area contributed by atoms with Gasteiger partial charge in [0.2, 0.25) is 0 Å². The van der Waals surface area contributed by atoms with E-state index in [1.165, 1.54) is 12.1 Å². The van der Waals surface area contributed by atoms with Crippen molar-refractivity contribution in [1.82, 2.24) is 0 Å². The van der Waals surface area contributed by atoms with Gasteiger partial charge >= 0.3 is 0 Å². The molecule has 0 amide bonds. The smallest absolute Gasteiger partial charge is 0.123 e. The van der Waals surface area contributed by atoms with Gasteiger partial charge in [-0.05, 0) is 35.9 Å². The van der Waals surface area contributed by atoms with Gasteiger partial charge in [0.15, 0.2) is 0 Å². The number of halogens is 2. The molecule has 0 saturated heterocycles. The van der Waals surface area contributed by atoms with Crippen molar-refractivity contribution < 1.29 is 9.50 Å². The quantitative estimate of drug-likeness (QED) is 0.940. The SMILES string of the molecule is CN(CC(O)c1ccc(F)cc1)c1ccc(C#N)c(Cl)c1. The molecule has 0 saturated carbocycles. The Morgan fingerprint density at radius 1 is 1.29 bits per heavy atom. The van der Waals surface area contributed by atoms with Crippen LogP contribution in [0.2, 0.25) is 5.02 Å². The van der Waals surface area contributed by atoms with Crippen molar-refractivity contribution in [3.8, 4) is 6.07 Å². The predicted octanol–water partition coefficient (Wildman–Crippen LogP) is 3.52. The topological polar surface area (TPSA) is 47.3 Å². The largest absolute Gasteiger partial charge is 0.387 e. The summed E-state index contributed by atoms with van der Waals surface area (Å²) in [6.45, 7) is 0.327. The van der Waals surface area contributed by atoms with Crippen molar-refractivity contribution in [2.45, 2.75) is 6.10 Å². The van der Waals surface area contributed by atoms with Gasteiger partial charge in [-0.3, -0.25) is 0 Å².